The summed E-state index contributed by atoms with van der Waals surface area (Å²) >= 11 is 0. The number of rotatable bonds is 2. The van der Waals surface area contributed by atoms with E-state index in [1.807, 2.05) is 12.1 Å². The van der Waals surface area contributed by atoms with Gasteiger partial charge in [0.05, 0.1) is 17.4 Å². The largest absolute Gasteiger partial charge is 0.322 e. The maximum absolute atomic E-state index is 11.5. The van der Waals surface area contributed by atoms with Crippen LogP contribution in [0.5, 0.6) is 0 Å². The SMILES string of the molecule is Cc1nc(=O)c2ccccc2n1CC=O. The molecule has 0 radical (unpaired) electrons. The predicted octanol–water partition coefficient (Wildman–Crippen LogP) is 0.904. The summed E-state index contributed by atoms with van der Waals surface area (Å²) < 4.78 is 1.73. The molecule has 0 amide bonds. The van der Waals surface area contributed by atoms with Gasteiger partial charge in [-0.05, 0) is 19.1 Å². The van der Waals surface area contributed by atoms with E-state index in [1.165, 1.54) is 0 Å². The number of fused-ring (bicyclic) bond motifs is 1. The average molecular weight is 202 g/mol. The minimum atomic E-state index is -0.245. The van der Waals surface area contributed by atoms with Gasteiger partial charge in [-0.25, -0.2) is 0 Å². The lowest BCUT2D eigenvalue weighted by molar-refractivity contribution is -0.108. The molecule has 4 nitrogen and oxygen atoms in total. The Hall–Kier alpha value is -1.97. The highest BCUT2D eigenvalue weighted by atomic mass is 16.1. The zero-order chi connectivity index (χ0) is 10.8. The lowest BCUT2D eigenvalue weighted by Gasteiger charge is -2.09. The summed E-state index contributed by atoms with van der Waals surface area (Å²) in [7, 11) is 0. The number of nitrogens with zero attached hydrogens (tertiary/aromatic N) is 2. The Morgan fingerprint density at radius 1 is 1.40 bits per heavy atom. The number of para-hydroxylation sites is 1. The Bertz CT molecular complexity index is 572. The number of benzene rings is 1. The van der Waals surface area contributed by atoms with E-state index in [0.717, 1.165) is 11.8 Å². The van der Waals surface area contributed by atoms with Crippen LogP contribution in [0.1, 0.15) is 5.82 Å². The van der Waals surface area contributed by atoms with Crippen LogP contribution in [0.15, 0.2) is 29.1 Å². The first kappa shape index (κ1) is 9.58. The van der Waals surface area contributed by atoms with E-state index < -0.39 is 0 Å². The number of carbonyl (C=O) groups is 1. The van der Waals surface area contributed by atoms with Gasteiger partial charge in [-0.3, -0.25) is 4.79 Å². The fourth-order valence-electron chi connectivity index (χ4n) is 1.64. The molecule has 0 aliphatic carbocycles. The smallest absolute Gasteiger partial charge is 0.280 e. The second kappa shape index (κ2) is 3.65. The molecule has 1 aromatic heterocycles. The molecule has 4 heteroatoms. The van der Waals surface area contributed by atoms with Crippen LogP contribution < -0.4 is 5.56 Å². The van der Waals surface area contributed by atoms with Crippen molar-refractivity contribution in [2.45, 2.75) is 13.5 Å². The predicted molar refractivity (Wildman–Crippen MR) is 56.8 cm³/mol. The minimum absolute atomic E-state index is 0.222. The summed E-state index contributed by atoms with van der Waals surface area (Å²) in [4.78, 5) is 25.9. The summed E-state index contributed by atoms with van der Waals surface area (Å²) in [6.07, 6.45) is 0.797. The molecule has 1 aromatic carbocycles. The fraction of sp³-hybridized carbons (Fsp3) is 0.182. The van der Waals surface area contributed by atoms with E-state index >= 15 is 0 Å². The lowest BCUT2D eigenvalue weighted by Crippen LogP contribution is -2.17. The van der Waals surface area contributed by atoms with Gasteiger partial charge in [0.2, 0.25) is 0 Å². The molecule has 0 unspecified atom stereocenters. The summed E-state index contributed by atoms with van der Waals surface area (Å²) in [5, 5.41) is 0.546. The second-order valence-electron chi connectivity index (χ2n) is 3.26. The molecule has 1 heterocycles. The van der Waals surface area contributed by atoms with Crippen LogP contribution in [0.4, 0.5) is 0 Å². The first-order chi connectivity index (χ1) is 7.24. The molecular weight excluding hydrogens is 192 g/mol. The van der Waals surface area contributed by atoms with Crippen molar-refractivity contribution in [3.05, 3.63) is 40.4 Å². The molecule has 0 fully saturated rings. The number of aromatic nitrogens is 2. The van der Waals surface area contributed by atoms with E-state index in [1.54, 1.807) is 23.6 Å². The van der Waals surface area contributed by atoms with Crippen molar-refractivity contribution in [2.24, 2.45) is 0 Å². The Balaban J connectivity index is 2.89. The quantitative estimate of drug-likeness (QED) is 0.680. The summed E-state index contributed by atoms with van der Waals surface area (Å²) in [5.41, 5.74) is 0.507. The van der Waals surface area contributed by atoms with Gasteiger partial charge >= 0.3 is 0 Å². The van der Waals surface area contributed by atoms with Crippen LogP contribution >= 0.6 is 0 Å². The van der Waals surface area contributed by atoms with Gasteiger partial charge in [0, 0.05) is 0 Å². The number of hydrogen-bond donors (Lipinski definition) is 0. The van der Waals surface area contributed by atoms with Crippen LogP contribution in [0, 0.1) is 6.92 Å². The molecule has 0 saturated carbocycles. The first-order valence-electron chi connectivity index (χ1n) is 4.64. The maximum atomic E-state index is 11.5. The third-order valence-corrected chi connectivity index (χ3v) is 2.34. The monoisotopic (exact) mass is 202 g/mol. The molecule has 0 aliphatic heterocycles. The van der Waals surface area contributed by atoms with Crippen molar-refractivity contribution in [3.8, 4) is 0 Å². The third kappa shape index (κ3) is 1.54. The summed E-state index contributed by atoms with van der Waals surface area (Å²) in [6.45, 7) is 1.94. The van der Waals surface area contributed by atoms with Crippen molar-refractivity contribution < 1.29 is 4.79 Å². The number of carbonyl (C=O) groups excluding carboxylic acids is 1. The number of hydrogen-bond acceptors (Lipinski definition) is 3. The zero-order valence-electron chi connectivity index (χ0n) is 8.30. The van der Waals surface area contributed by atoms with E-state index in [9.17, 15) is 9.59 Å². The molecular formula is C11H10N2O2. The van der Waals surface area contributed by atoms with Gasteiger partial charge in [-0.2, -0.15) is 4.98 Å². The zero-order valence-corrected chi connectivity index (χ0v) is 8.30. The van der Waals surface area contributed by atoms with Crippen LogP contribution in [0.2, 0.25) is 0 Å². The van der Waals surface area contributed by atoms with E-state index in [2.05, 4.69) is 4.98 Å². The normalized spacial score (nSPS) is 10.5. The molecule has 0 bridgehead atoms. The molecule has 2 rings (SSSR count). The van der Waals surface area contributed by atoms with Crippen LogP contribution in [-0.4, -0.2) is 15.8 Å². The Morgan fingerprint density at radius 2 is 2.13 bits per heavy atom. The highest BCUT2D eigenvalue weighted by Crippen LogP contribution is 2.09. The fourth-order valence-corrected chi connectivity index (χ4v) is 1.64. The third-order valence-electron chi connectivity index (χ3n) is 2.34. The Labute approximate surface area is 86.2 Å². The standard InChI is InChI=1S/C11H10N2O2/c1-8-12-11(15)9-4-2-3-5-10(9)13(8)6-7-14/h2-5,7H,6H2,1H3. The molecule has 0 aliphatic rings. The van der Waals surface area contributed by atoms with Crippen molar-refractivity contribution in [1.82, 2.24) is 9.55 Å². The van der Waals surface area contributed by atoms with Gasteiger partial charge < -0.3 is 9.36 Å². The van der Waals surface area contributed by atoms with Gasteiger partial charge in [0.15, 0.2) is 0 Å². The lowest BCUT2D eigenvalue weighted by atomic mass is 10.2. The topological polar surface area (TPSA) is 52.0 Å². The molecule has 0 N–H and O–H groups in total. The van der Waals surface area contributed by atoms with E-state index in [4.69, 9.17) is 0 Å². The van der Waals surface area contributed by atoms with Crippen molar-refractivity contribution in [3.63, 3.8) is 0 Å². The minimum Gasteiger partial charge on any atom is -0.322 e. The summed E-state index contributed by atoms with van der Waals surface area (Å²) in [6, 6.07) is 7.15. The van der Waals surface area contributed by atoms with E-state index in [0.29, 0.717) is 11.2 Å². The highest BCUT2D eigenvalue weighted by molar-refractivity contribution is 5.78. The molecule has 15 heavy (non-hydrogen) atoms. The summed E-state index contributed by atoms with van der Waals surface area (Å²) in [5.74, 6) is 0.561. The Kier molecular flexibility index (Phi) is 2.33. The van der Waals surface area contributed by atoms with Crippen molar-refractivity contribution in [1.29, 1.82) is 0 Å². The maximum Gasteiger partial charge on any atom is 0.280 e. The van der Waals surface area contributed by atoms with E-state index in [-0.39, 0.29) is 12.1 Å². The van der Waals surface area contributed by atoms with Gasteiger partial charge in [-0.15, -0.1) is 0 Å². The van der Waals surface area contributed by atoms with Crippen LogP contribution in [0.25, 0.3) is 10.9 Å². The second-order valence-corrected chi connectivity index (χ2v) is 3.26. The highest BCUT2D eigenvalue weighted by Gasteiger charge is 2.05. The number of aryl methyl sites for hydroxylation is 1. The molecule has 0 saturated heterocycles. The van der Waals surface area contributed by atoms with Crippen LogP contribution in [0.3, 0.4) is 0 Å². The van der Waals surface area contributed by atoms with Gasteiger partial charge in [0.25, 0.3) is 5.56 Å². The molecule has 0 spiro atoms. The van der Waals surface area contributed by atoms with Gasteiger partial charge in [0.1, 0.15) is 12.1 Å². The van der Waals surface area contributed by atoms with Crippen LogP contribution in [-0.2, 0) is 11.3 Å². The van der Waals surface area contributed by atoms with Crippen molar-refractivity contribution in [2.75, 3.05) is 0 Å². The number of aldehydes is 1. The Morgan fingerprint density at radius 3 is 2.87 bits per heavy atom. The molecule has 2 aromatic rings. The molecule has 0 atom stereocenters. The van der Waals surface area contributed by atoms with Crippen molar-refractivity contribution >= 4 is 17.2 Å². The molecule has 76 valence electrons. The first-order valence-corrected chi connectivity index (χ1v) is 4.64. The van der Waals surface area contributed by atoms with Gasteiger partial charge in [-0.1, -0.05) is 12.1 Å². The average Bonchev–Trinajstić information content (AvgIpc) is 2.24.